The molecule has 0 aliphatic rings. The molecular formula is C12H12BrClN2O. The van der Waals surface area contributed by atoms with Crippen LogP contribution in [0.15, 0.2) is 34.9 Å². The monoisotopic (exact) mass is 314 g/mol. The van der Waals surface area contributed by atoms with Crippen LogP contribution in [0.1, 0.15) is 24.3 Å². The van der Waals surface area contributed by atoms with Gasteiger partial charge in [0.2, 0.25) is 0 Å². The maximum Gasteiger partial charge on any atom is 0.122 e. The molecule has 0 radical (unpaired) electrons. The van der Waals surface area contributed by atoms with E-state index in [-0.39, 0.29) is 0 Å². The van der Waals surface area contributed by atoms with E-state index in [0.29, 0.717) is 17.1 Å². The van der Waals surface area contributed by atoms with E-state index >= 15 is 0 Å². The third-order valence-corrected chi connectivity index (χ3v) is 3.42. The third-order valence-electron chi connectivity index (χ3n) is 2.58. The summed E-state index contributed by atoms with van der Waals surface area (Å²) < 4.78 is 2.64. The number of nitrogens with zero attached hydrogens (tertiary/aromatic N) is 2. The van der Waals surface area contributed by atoms with Gasteiger partial charge in [-0.25, -0.2) is 0 Å². The second-order valence-electron chi connectivity index (χ2n) is 3.64. The Labute approximate surface area is 113 Å². The molecule has 2 aromatic rings. The minimum absolute atomic E-state index is 0.546. The fourth-order valence-electron chi connectivity index (χ4n) is 1.72. The van der Waals surface area contributed by atoms with E-state index in [4.69, 9.17) is 11.6 Å². The molecule has 0 saturated heterocycles. The van der Waals surface area contributed by atoms with Crippen molar-refractivity contribution in [3.8, 4) is 0 Å². The molecule has 0 aliphatic heterocycles. The number of rotatable bonds is 3. The highest BCUT2D eigenvalue weighted by molar-refractivity contribution is 9.10. The molecule has 3 nitrogen and oxygen atoms in total. The average molecular weight is 316 g/mol. The Hall–Kier alpha value is -0.840. The van der Waals surface area contributed by atoms with Crippen molar-refractivity contribution in [1.29, 1.82) is 0 Å². The molecule has 0 bridgehead atoms. The van der Waals surface area contributed by atoms with E-state index in [9.17, 15) is 5.11 Å². The standard InChI is InChI=1S/C12H12BrClN2O/c1-2-16-11(5-6-15-16)12(17)9-7-8(13)3-4-10(9)14/h3-7,12,17H,2H2,1H3. The van der Waals surface area contributed by atoms with Gasteiger partial charge >= 0.3 is 0 Å². The SMILES string of the molecule is CCn1nccc1C(O)c1cc(Br)ccc1Cl. The Bertz CT molecular complexity index is 527. The molecule has 1 atom stereocenters. The normalized spacial score (nSPS) is 12.7. The fourth-order valence-corrected chi connectivity index (χ4v) is 2.32. The van der Waals surface area contributed by atoms with E-state index in [1.54, 1.807) is 23.0 Å². The summed E-state index contributed by atoms with van der Waals surface area (Å²) in [5, 5.41) is 15.0. The molecule has 0 aliphatic carbocycles. The smallest absolute Gasteiger partial charge is 0.122 e. The molecule has 1 aromatic heterocycles. The lowest BCUT2D eigenvalue weighted by Gasteiger charge is -2.14. The van der Waals surface area contributed by atoms with Crippen molar-refractivity contribution in [3.63, 3.8) is 0 Å². The maximum atomic E-state index is 10.3. The van der Waals surface area contributed by atoms with Crippen LogP contribution in [0.25, 0.3) is 0 Å². The Kier molecular flexibility index (Phi) is 3.86. The van der Waals surface area contributed by atoms with Gasteiger partial charge in [-0.1, -0.05) is 27.5 Å². The molecule has 1 aromatic carbocycles. The van der Waals surface area contributed by atoms with Gasteiger partial charge in [-0.2, -0.15) is 5.10 Å². The molecule has 17 heavy (non-hydrogen) atoms. The zero-order valence-corrected chi connectivity index (χ0v) is 11.6. The van der Waals surface area contributed by atoms with Crippen molar-refractivity contribution in [1.82, 2.24) is 9.78 Å². The number of hydrogen-bond acceptors (Lipinski definition) is 2. The Morgan fingerprint density at radius 3 is 2.94 bits per heavy atom. The third kappa shape index (κ3) is 2.54. The van der Waals surface area contributed by atoms with Crippen LogP contribution in [-0.2, 0) is 6.54 Å². The van der Waals surface area contributed by atoms with Crippen LogP contribution in [0.2, 0.25) is 5.02 Å². The largest absolute Gasteiger partial charge is 0.382 e. The van der Waals surface area contributed by atoms with E-state index in [0.717, 1.165) is 10.2 Å². The lowest BCUT2D eigenvalue weighted by Crippen LogP contribution is -2.09. The van der Waals surface area contributed by atoms with Crippen LogP contribution in [0.3, 0.4) is 0 Å². The summed E-state index contributed by atoms with van der Waals surface area (Å²) in [6, 6.07) is 7.22. The maximum absolute atomic E-state index is 10.3. The van der Waals surface area contributed by atoms with Crippen LogP contribution in [0.5, 0.6) is 0 Å². The number of hydrogen-bond donors (Lipinski definition) is 1. The first-order valence-electron chi connectivity index (χ1n) is 5.28. The first kappa shape index (κ1) is 12.6. The fraction of sp³-hybridized carbons (Fsp3) is 0.250. The Balaban J connectivity index is 2.43. The number of halogens is 2. The number of aromatic nitrogens is 2. The zero-order chi connectivity index (χ0) is 12.4. The summed E-state index contributed by atoms with van der Waals surface area (Å²) in [6.45, 7) is 2.69. The van der Waals surface area contributed by atoms with Gasteiger partial charge in [-0.3, -0.25) is 4.68 Å². The van der Waals surface area contributed by atoms with Crippen molar-refractivity contribution in [3.05, 3.63) is 51.2 Å². The minimum Gasteiger partial charge on any atom is -0.382 e. The highest BCUT2D eigenvalue weighted by atomic mass is 79.9. The van der Waals surface area contributed by atoms with Gasteiger partial charge in [0, 0.05) is 27.8 Å². The quantitative estimate of drug-likeness (QED) is 0.942. The van der Waals surface area contributed by atoms with Crippen LogP contribution in [0, 0.1) is 0 Å². The molecule has 0 amide bonds. The van der Waals surface area contributed by atoms with E-state index in [1.807, 2.05) is 19.1 Å². The molecule has 1 N–H and O–H groups in total. The number of aliphatic hydroxyl groups is 1. The molecule has 2 rings (SSSR count). The molecule has 0 fully saturated rings. The predicted octanol–water partition coefficient (Wildman–Crippen LogP) is 3.40. The summed E-state index contributed by atoms with van der Waals surface area (Å²) >= 11 is 9.46. The lowest BCUT2D eigenvalue weighted by atomic mass is 10.1. The molecule has 1 heterocycles. The predicted molar refractivity (Wildman–Crippen MR) is 71.1 cm³/mol. The molecular weight excluding hydrogens is 304 g/mol. The molecule has 5 heteroatoms. The van der Waals surface area contributed by atoms with E-state index < -0.39 is 6.10 Å². The summed E-state index contributed by atoms with van der Waals surface area (Å²) in [4.78, 5) is 0. The van der Waals surface area contributed by atoms with Crippen molar-refractivity contribution in [2.75, 3.05) is 0 Å². The van der Waals surface area contributed by atoms with Crippen molar-refractivity contribution in [2.24, 2.45) is 0 Å². The van der Waals surface area contributed by atoms with Gasteiger partial charge in [-0.15, -0.1) is 0 Å². The molecule has 0 saturated carbocycles. The topological polar surface area (TPSA) is 38.0 Å². The van der Waals surface area contributed by atoms with Crippen molar-refractivity contribution < 1.29 is 5.11 Å². The van der Waals surface area contributed by atoms with Crippen LogP contribution < -0.4 is 0 Å². The zero-order valence-electron chi connectivity index (χ0n) is 9.27. The van der Waals surface area contributed by atoms with Crippen molar-refractivity contribution >= 4 is 27.5 Å². The minimum atomic E-state index is -0.762. The number of aryl methyl sites for hydroxylation is 1. The van der Waals surface area contributed by atoms with Gasteiger partial charge in [0.15, 0.2) is 0 Å². The van der Waals surface area contributed by atoms with Gasteiger partial charge in [0.05, 0.1) is 5.69 Å². The van der Waals surface area contributed by atoms with Gasteiger partial charge in [-0.05, 0) is 31.2 Å². The first-order chi connectivity index (χ1) is 8.13. The number of benzene rings is 1. The Morgan fingerprint density at radius 2 is 2.24 bits per heavy atom. The lowest BCUT2D eigenvalue weighted by molar-refractivity contribution is 0.208. The Morgan fingerprint density at radius 1 is 1.47 bits per heavy atom. The molecule has 0 spiro atoms. The van der Waals surface area contributed by atoms with E-state index in [1.165, 1.54) is 0 Å². The summed E-state index contributed by atoms with van der Waals surface area (Å²) in [7, 11) is 0. The van der Waals surface area contributed by atoms with Crippen molar-refractivity contribution in [2.45, 2.75) is 19.6 Å². The van der Waals surface area contributed by atoms with Gasteiger partial charge in [0.25, 0.3) is 0 Å². The highest BCUT2D eigenvalue weighted by Crippen LogP contribution is 2.30. The molecule has 90 valence electrons. The average Bonchev–Trinajstić information content (AvgIpc) is 2.79. The van der Waals surface area contributed by atoms with Crippen LogP contribution in [0.4, 0.5) is 0 Å². The van der Waals surface area contributed by atoms with Crippen LogP contribution in [-0.4, -0.2) is 14.9 Å². The molecule has 1 unspecified atom stereocenters. The summed E-state index contributed by atoms with van der Waals surface area (Å²) in [6.07, 6.45) is 0.913. The summed E-state index contributed by atoms with van der Waals surface area (Å²) in [5.74, 6) is 0. The van der Waals surface area contributed by atoms with Crippen LogP contribution >= 0.6 is 27.5 Å². The van der Waals surface area contributed by atoms with E-state index in [2.05, 4.69) is 21.0 Å². The van der Waals surface area contributed by atoms with Gasteiger partial charge in [0.1, 0.15) is 6.10 Å². The summed E-state index contributed by atoms with van der Waals surface area (Å²) in [5.41, 5.74) is 1.42. The highest BCUT2D eigenvalue weighted by Gasteiger charge is 2.17. The second kappa shape index (κ2) is 5.21. The second-order valence-corrected chi connectivity index (χ2v) is 4.96. The van der Waals surface area contributed by atoms with Gasteiger partial charge < -0.3 is 5.11 Å². The first-order valence-corrected chi connectivity index (χ1v) is 6.45. The number of aliphatic hydroxyl groups excluding tert-OH is 1.